The summed E-state index contributed by atoms with van der Waals surface area (Å²) in [4.78, 5) is 0. The van der Waals surface area contributed by atoms with Gasteiger partial charge in [0.15, 0.2) is 11.5 Å². The molecule has 0 saturated heterocycles. The number of phenols is 1. The summed E-state index contributed by atoms with van der Waals surface area (Å²) in [5.41, 5.74) is 2.41. The molecule has 0 bridgehead atoms. The molecule has 1 N–H and O–H groups in total. The average Bonchev–Trinajstić information content (AvgIpc) is 2.98. The van der Waals surface area contributed by atoms with Gasteiger partial charge >= 0.3 is 0 Å². The minimum atomic E-state index is 0.0666. The van der Waals surface area contributed by atoms with Crippen molar-refractivity contribution < 1.29 is 9.84 Å². The van der Waals surface area contributed by atoms with Gasteiger partial charge in [0.2, 0.25) is 0 Å². The number of phenolic OH excluding ortho intramolecular Hbond substituents is 1. The average molecular weight is 370 g/mol. The Morgan fingerprint density at radius 1 is 1.09 bits per heavy atom. The molecule has 6 heteroatoms. The van der Waals surface area contributed by atoms with Crippen LogP contribution in [0.4, 0.5) is 0 Å². The molecule has 0 atom stereocenters. The molecule has 0 amide bonds. The second kappa shape index (κ2) is 5.24. The molecule has 0 aliphatic heterocycles. The number of halogens is 1. The van der Waals surface area contributed by atoms with E-state index in [4.69, 9.17) is 4.74 Å². The van der Waals surface area contributed by atoms with Crippen molar-refractivity contribution in [2.24, 2.45) is 0 Å². The van der Waals surface area contributed by atoms with Crippen LogP contribution in [0, 0.1) is 0 Å². The highest BCUT2D eigenvalue weighted by atomic mass is 79.9. The van der Waals surface area contributed by atoms with E-state index in [9.17, 15) is 5.11 Å². The van der Waals surface area contributed by atoms with E-state index in [2.05, 4.69) is 26.2 Å². The van der Waals surface area contributed by atoms with Crippen LogP contribution in [0.3, 0.4) is 0 Å². The summed E-state index contributed by atoms with van der Waals surface area (Å²) in [6.45, 7) is 0. The molecule has 0 saturated carbocycles. The molecule has 0 aliphatic carbocycles. The van der Waals surface area contributed by atoms with Crippen molar-refractivity contribution in [1.82, 2.24) is 15.0 Å². The maximum Gasteiger partial charge on any atom is 0.168 e. The van der Waals surface area contributed by atoms with Crippen LogP contribution in [0.15, 0.2) is 53.0 Å². The van der Waals surface area contributed by atoms with Gasteiger partial charge in [-0.3, -0.25) is 0 Å². The molecular formula is C17H12BrN3O2. The van der Waals surface area contributed by atoms with Crippen LogP contribution in [0.25, 0.3) is 27.5 Å². The molecule has 0 spiro atoms. The summed E-state index contributed by atoms with van der Waals surface area (Å²) in [5, 5.41) is 20.5. The number of aromatic nitrogens is 3. The maximum absolute atomic E-state index is 10.3. The Morgan fingerprint density at radius 2 is 1.91 bits per heavy atom. The summed E-state index contributed by atoms with van der Waals surface area (Å²) >= 11 is 3.50. The Labute approximate surface area is 140 Å². The number of para-hydroxylation sites is 1. The van der Waals surface area contributed by atoms with E-state index >= 15 is 0 Å². The molecule has 4 aromatic rings. The molecule has 4 rings (SSSR count). The molecule has 0 radical (unpaired) electrons. The number of fused-ring (bicyclic) bond motifs is 2. The number of rotatable bonds is 2. The third-order valence-corrected chi connectivity index (χ3v) is 4.29. The quantitative estimate of drug-likeness (QED) is 0.578. The third kappa shape index (κ3) is 2.14. The predicted molar refractivity (Wildman–Crippen MR) is 92.3 cm³/mol. The number of hydrogen-bond donors (Lipinski definition) is 1. The lowest BCUT2D eigenvalue weighted by Crippen LogP contribution is -1.99. The molecule has 0 aliphatic rings. The van der Waals surface area contributed by atoms with Gasteiger partial charge in [0.1, 0.15) is 5.52 Å². The number of nitrogens with zero attached hydrogens (tertiary/aromatic N) is 3. The Morgan fingerprint density at radius 3 is 2.74 bits per heavy atom. The minimum absolute atomic E-state index is 0.0666. The largest absolute Gasteiger partial charge is 0.504 e. The van der Waals surface area contributed by atoms with Crippen LogP contribution >= 0.6 is 15.9 Å². The van der Waals surface area contributed by atoms with Crippen LogP contribution in [-0.2, 0) is 0 Å². The van der Waals surface area contributed by atoms with Crippen LogP contribution < -0.4 is 4.74 Å². The first kappa shape index (κ1) is 14.0. The van der Waals surface area contributed by atoms with Crippen LogP contribution in [0.5, 0.6) is 11.5 Å². The van der Waals surface area contributed by atoms with Crippen LogP contribution in [0.1, 0.15) is 0 Å². The zero-order valence-electron chi connectivity index (χ0n) is 12.2. The van der Waals surface area contributed by atoms with Crippen molar-refractivity contribution in [3.8, 4) is 17.2 Å². The summed E-state index contributed by atoms with van der Waals surface area (Å²) in [6, 6.07) is 15.1. The SMILES string of the molecule is COc1c(O)cc(-n2nnc3ccccc32)c2cc(Br)ccc12. The second-order valence-electron chi connectivity index (χ2n) is 5.13. The summed E-state index contributed by atoms with van der Waals surface area (Å²) in [6.07, 6.45) is 0. The Bertz CT molecular complexity index is 1040. The Balaban J connectivity index is 2.13. The molecule has 114 valence electrons. The monoisotopic (exact) mass is 369 g/mol. The number of ether oxygens (including phenoxy) is 1. The molecule has 0 unspecified atom stereocenters. The van der Waals surface area contributed by atoms with Gasteiger partial charge in [0, 0.05) is 21.3 Å². The third-order valence-electron chi connectivity index (χ3n) is 3.79. The van der Waals surface area contributed by atoms with E-state index in [1.165, 1.54) is 0 Å². The number of aromatic hydroxyl groups is 1. The highest BCUT2D eigenvalue weighted by Crippen LogP contribution is 2.40. The van der Waals surface area contributed by atoms with Gasteiger partial charge in [0.05, 0.1) is 18.3 Å². The van der Waals surface area contributed by atoms with E-state index in [0.29, 0.717) is 5.75 Å². The predicted octanol–water partition coefficient (Wildman–Crippen LogP) is 4.05. The lowest BCUT2D eigenvalue weighted by atomic mass is 10.1. The molecule has 3 aromatic carbocycles. The smallest absolute Gasteiger partial charge is 0.168 e. The lowest BCUT2D eigenvalue weighted by Gasteiger charge is -2.13. The van der Waals surface area contributed by atoms with Crippen LogP contribution in [0.2, 0.25) is 0 Å². The fraction of sp³-hybridized carbons (Fsp3) is 0.0588. The first-order valence-corrected chi connectivity index (χ1v) is 7.78. The van der Waals surface area contributed by atoms with Gasteiger partial charge in [-0.05, 0) is 30.3 Å². The zero-order valence-corrected chi connectivity index (χ0v) is 13.8. The molecule has 1 aromatic heterocycles. The normalized spacial score (nSPS) is 11.2. The van der Waals surface area contributed by atoms with E-state index in [-0.39, 0.29) is 5.75 Å². The van der Waals surface area contributed by atoms with E-state index in [1.807, 2.05) is 42.5 Å². The first-order valence-electron chi connectivity index (χ1n) is 6.99. The van der Waals surface area contributed by atoms with Gasteiger partial charge in [-0.25, -0.2) is 4.68 Å². The molecule has 1 heterocycles. The van der Waals surface area contributed by atoms with Gasteiger partial charge < -0.3 is 9.84 Å². The second-order valence-corrected chi connectivity index (χ2v) is 6.04. The van der Waals surface area contributed by atoms with E-state index < -0.39 is 0 Å². The van der Waals surface area contributed by atoms with Gasteiger partial charge in [-0.15, -0.1) is 5.10 Å². The topological polar surface area (TPSA) is 60.2 Å². The van der Waals surface area contributed by atoms with Crippen LogP contribution in [-0.4, -0.2) is 27.2 Å². The van der Waals surface area contributed by atoms with Gasteiger partial charge in [0.25, 0.3) is 0 Å². The summed E-state index contributed by atoms with van der Waals surface area (Å²) < 4.78 is 8.01. The highest BCUT2D eigenvalue weighted by Gasteiger charge is 2.16. The van der Waals surface area contributed by atoms with Gasteiger partial charge in [-0.1, -0.05) is 33.3 Å². The Hall–Kier alpha value is -2.60. The number of hydrogen-bond acceptors (Lipinski definition) is 4. The van der Waals surface area contributed by atoms with Crippen molar-refractivity contribution in [2.45, 2.75) is 0 Å². The molecule has 23 heavy (non-hydrogen) atoms. The summed E-state index contributed by atoms with van der Waals surface area (Å²) in [5.74, 6) is 0.512. The lowest BCUT2D eigenvalue weighted by molar-refractivity contribution is 0.378. The highest BCUT2D eigenvalue weighted by molar-refractivity contribution is 9.10. The first-order chi connectivity index (χ1) is 11.2. The molecular weight excluding hydrogens is 358 g/mol. The van der Waals surface area contributed by atoms with Crippen molar-refractivity contribution in [1.29, 1.82) is 0 Å². The molecule has 0 fully saturated rings. The summed E-state index contributed by atoms with van der Waals surface area (Å²) in [7, 11) is 1.54. The fourth-order valence-corrected chi connectivity index (χ4v) is 3.13. The molecule has 5 nitrogen and oxygen atoms in total. The van der Waals surface area contributed by atoms with Crippen molar-refractivity contribution in [3.05, 3.63) is 53.0 Å². The Kier molecular flexibility index (Phi) is 3.20. The standard InChI is InChI=1S/C17H12BrN3O2/c1-23-17-11-7-6-10(18)8-12(11)15(9-16(17)22)21-14-5-3-2-4-13(14)19-20-21/h2-9,22H,1H3. The van der Waals surface area contributed by atoms with Crippen molar-refractivity contribution in [2.75, 3.05) is 7.11 Å². The van der Waals surface area contributed by atoms with Crippen molar-refractivity contribution >= 4 is 37.7 Å². The van der Waals surface area contributed by atoms with Gasteiger partial charge in [-0.2, -0.15) is 0 Å². The number of benzene rings is 3. The minimum Gasteiger partial charge on any atom is -0.504 e. The maximum atomic E-state index is 10.3. The zero-order chi connectivity index (χ0) is 16.0. The van der Waals surface area contributed by atoms with Crippen molar-refractivity contribution in [3.63, 3.8) is 0 Å². The fourth-order valence-electron chi connectivity index (χ4n) is 2.77. The number of methoxy groups -OCH3 is 1. The van der Waals surface area contributed by atoms with E-state index in [0.717, 1.165) is 32.0 Å². The van der Waals surface area contributed by atoms with E-state index in [1.54, 1.807) is 17.9 Å².